The van der Waals surface area contributed by atoms with E-state index in [-0.39, 0.29) is 6.61 Å². The molecule has 0 aliphatic carbocycles. The molecule has 0 atom stereocenters. The third kappa shape index (κ3) is 5.22. The van der Waals surface area contributed by atoms with Gasteiger partial charge in [-0.1, -0.05) is 41.9 Å². The predicted molar refractivity (Wildman–Crippen MR) is 172 cm³/mol. The molecule has 2 N–H and O–H groups in total. The number of aromatic nitrogens is 5. The average molecular weight is 590 g/mol. The lowest BCUT2D eigenvalue weighted by molar-refractivity contribution is 0.281. The Kier molecular flexibility index (Phi) is 7.26. The second-order valence-electron chi connectivity index (χ2n) is 11.2. The first-order valence-electron chi connectivity index (χ1n) is 14.6. The van der Waals surface area contributed by atoms with Crippen LogP contribution >= 0.6 is 11.6 Å². The molecule has 1 aliphatic heterocycles. The molecule has 5 heterocycles. The third-order valence-corrected chi connectivity index (χ3v) is 8.62. The van der Waals surface area contributed by atoms with E-state index in [2.05, 4.69) is 64.5 Å². The van der Waals surface area contributed by atoms with Crippen molar-refractivity contribution in [2.75, 3.05) is 18.4 Å². The van der Waals surface area contributed by atoms with Crippen LogP contribution in [0.25, 0.3) is 39.1 Å². The molecule has 1 aliphatic rings. The molecule has 8 nitrogen and oxygen atoms in total. The lowest BCUT2D eigenvalue weighted by atomic mass is 9.92. The average Bonchev–Trinajstić information content (AvgIpc) is 3.69. The molecule has 6 aromatic rings. The lowest BCUT2D eigenvalue weighted by Crippen LogP contribution is -2.18. The summed E-state index contributed by atoms with van der Waals surface area (Å²) < 4.78 is 1.63. The molecule has 9 heteroatoms. The normalized spacial score (nSPS) is 13.8. The van der Waals surface area contributed by atoms with Crippen molar-refractivity contribution in [3.8, 4) is 22.5 Å². The van der Waals surface area contributed by atoms with Gasteiger partial charge in [0, 0.05) is 41.8 Å². The molecule has 7 rings (SSSR count). The highest BCUT2D eigenvalue weighted by atomic mass is 35.5. The standard InChI is InChI=1S/C34H32ClN7O/c1-21-26(7-5-9-28(21)32-39-34-29(35)16-24(20-43)19-42(34)40-32)27-8-6-10-30(22(27)2)38-33-31-25(11-12-36-33)15-23(17-37-31)18-41-13-3-4-14-41/h5-12,15-17,19,43H,3-4,13-14,18,20H2,1-2H3,(H,36,38). The Morgan fingerprint density at radius 2 is 1.67 bits per heavy atom. The zero-order valence-electron chi connectivity index (χ0n) is 24.2. The van der Waals surface area contributed by atoms with Crippen molar-refractivity contribution in [3.05, 3.63) is 100 Å². The maximum atomic E-state index is 9.57. The monoisotopic (exact) mass is 589 g/mol. The molecule has 4 aromatic heterocycles. The molecule has 43 heavy (non-hydrogen) atoms. The summed E-state index contributed by atoms with van der Waals surface area (Å²) in [5.74, 6) is 1.32. The Bertz CT molecular complexity index is 1980. The second-order valence-corrected chi connectivity index (χ2v) is 11.6. The Labute approximate surface area is 255 Å². The van der Waals surface area contributed by atoms with Crippen molar-refractivity contribution in [1.82, 2.24) is 29.5 Å². The maximum absolute atomic E-state index is 9.57. The van der Waals surface area contributed by atoms with Gasteiger partial charge in [0.25, 0.3) is 0 Å². The number of aliphatic hydroxyl groups excluding tert-OH is 1. The Hall–Kier alpha value is -4.37. The van der Waals surface area contributed by atoms with E-state index in [1.54, 1.807) is 16.8 Å². The van der Waals surface area contributed by atoms with Gasteiger partial charge in [-0.05, 0) is 97.4 Å². The molecule has 1 saturated heterocycles. The molecule has 1 fully saturated rings. The Morgan fingerprint density at radius 1 is 0.907 bits per heavy atom. The zero-order valence-corrected chi connectivity index (χ0v) is 24.9. The van der Waals surface area contributed by atoms with Gasteiger partial charge < -0.3 is 10.4 Å². The first-order chi connectivity index (χ1) is 21.0. The number of pyridine rings is 3. The molecular formula is C34H32ClN7O. The van der Waals surface area contributed by atoms with Crippen molar-refractivity contribution in [2.45, 2.75) is 39.8 Å². The van der Waals surface area contributed by atoms with E-state index in [9.17, 15) is 5.11 Å². The van der Waals surface area contributed by atoms with Gasteiger partial charge in [-0.2, -0.15) is 0 Å². The quantitative estimate of drug-likeness (QED) is 0.205. The number of nitrogens with zero attached hydrogens (tertiary/aromatic N) is 6. The largest absolute Gasteiger partial charge is 0.392 e. The number of anilines is 2. The minimum Gasteiger partial charge on any atom is -0.392 e. The smallest absolute Gasteiger partial charge is 0.182 e. The Balaban J connectivity index is 1.21. The van der Waals surface area contributed by atoms with Gasteiger partial charge in [0.15, 0.2) is 17.3 Å². The summed E-state index contributed by atoms with van der Waals surface area (Å²) >= 11 is 6.44. The van der Waals surface area contributed by atoms with Crippen molar-refractivity contribution in [2.24, 2.45) is 0 Å². The first-order valence-corrected chi connectivity index (χ1v) is 14.9. The van der Waals surface area contributed by atoms with Crippen LogP contribution in [0.15, 0.2) is 73.2 Å². The van der Waals surface area contributed by atoms with Gasteiger partial charge in [0.05, 0.1) is 11.6 Å². The third-order valence-electron chi connectivity index (χ3n) is 8.34. The topological polar surface area (TPSA) is 91.5 Å². The second kappa shape index (κ2) is 11.4. The van der Waals surface area contributed by atoms with Crippen LogP contribution in [-0.2, 0) is 13.2 Å². The van der Waals surface area contributed by atoms with E-state index >= 15 is 0 Å². The van der Waals surface area contributed by atoms with Crippen LogP contribution in [0, 0.1) is 13.8 Å². The lowest BCUT2D eigenvalue weighted by Gasteiger charge is -2.17. The summed E-state index contributed by atoms with van der Waals surface area (Å²) in [4.78, 5) is 16.7. The van der Waals surface area contributed by atoms with Crippen LogP contribution in [-0.4, -0.2) is 47.7 Å². The molecule has 0 radical (unpaired) electrons. The van der Waals surface area contributed by atoms with E-state index in [1.165, 1.54) is 18.4 Å². The number of nitrogens with one attached hydrogen (secondary N) is 1. The number of rotatable bonds is 7. The van der Waals surface area contributed by atoms with E-state index in [0.29, 0.717) is 22.1 Å². The number of hydrogen-bond acceptors (Lipinski definition) is 7. The highest BCUT2D eigenvalue weighted by Gasteiger charge is 2.17. The van der Waals surface area contributed by atoms with Gasteiger partial charge in [0.1, 0.15) is 5.52 Å². The van der Waals surface area contributed by atoms with Crippen LogP contribution in [0.2, 0.25) is 5.02 Å². The predicted octanol–water partition coefficient (Wildman–Crippen LogP) is 7.11. The van der Waals surface area contributed by atoms with Crippen molar-refractivity contribution < 1.29 is 5.11 Å². The fourth-order valence-electron chi connectivity index (χ4n) is 6.04. The summed E-state index contributed by atoms with van der Waals surface area (Å²) in [5.41, 5.74) is 9.58. The summed E-state index contributed by atoms with van der Waals surface area (Å²) in [6.07, 6.45) is 8.13. The Morgan fingerprint density at radius 3 is 2.49 bits per heavy atom. The summed E-state index contributed by atoms with van der Waals surface area (Å²) in [6.45, 7) is 7.35. The highest BCUT2D eigenvalue weighted by molar-refractivity contribution is 6.33. The van der Waals surface area contributed by atoms with E-state index in [4.69, 9.17) is 21.6 Å². The van der Waals surface area contributed by atoms with E-state index < -0.39 is 0 Å². The van der Waals surface area contributed by atoms with Crippen LogP contribution < -0.4 is 5.32 Å². The van der Waals surface area contributed by atoms with Crippen LogP contribution in [0.4, 0.5) is 11.5 Å². The number of likely N-dealkylation sites (tertiary alicyclic amines) is 1. The summed E-state index contributed by atoms with van der Waals surface area (Å²) in [7, 11) is 0. The molecule has 0 bridgehead atoms. The van der Waals surface area contributed by atoms with E-state index in [0.717, 1.165) is 69.9 Å². The molecule has 0 amide bonds. The van der Waals surface area contributed by atoms with Crippen molar-refractivity contribution >= 4 is 39.7 Å². The minimum atomic E-state index is -0.118. The molecule has 0 spiro atoms. The molecule has 0 unspecified atom stereocenters. The number of halogens is 1. The van der Waals surface area contributed by atoms with Gasteiger partial charge in [-0.15, -0.1) is 5.10 Å². The van der Waals surface area contributed by atoms with Gasteiger partial charge >= 0.3 is 0 Å². The first kappa shape index (κ1) is 27.5. The molecule has 0 saturated carbocycles. The number of aliphatic hydroxyl groups is 1. The van der Waals surface area contributed by atoms with Crippen LogP contribution in [0.1, 0.15) is 35.1 Å². The minimum absolute atomic E-state index is 0.118. The fraction of sp³-hybridized carbons (Fsp3) is 0.235. The van der Waals surface area contributed by atoms with Crippen molar-refractivity contribution in [1.29, 1.82) is 0 Å². The van der Waals surface area contributed by atoms with Gasteiger partial charge in [-0.25, -0.2) is 14.5 Å². The van der Waals surface area contributed by atoms with Crippen molar-refractivity contribution in [3.63, 3.8) is 0 Å². The van der Waals surface area contributed by atoms with E-state index in [1.807, 2.05) is 30.6 Å². The number of fused-ring (bicyclic) bond motifs is 2. The zero-order chi connectivity index (χ0) is 29.5. The van der Waals surface area contributed by atoms with Crippen LogP contribution in [0.5, 0.6) is 0 Å². The number of hydrogen-bond donors (Lipinski definition) is 2. The molecule has 216 valence electrons. The van der Waals surface area contributed by atoms with Gasteiger partial charge in [-0.3, -0.25) is 9.88 Å². The maximum Gasteiger partial charge on any atom is 0.182 e. The van der Waals surface area contributed by atoms with Crippen LogP contribution in [0.3, 0.4) is 0 Å². The van der Waals surface area contributed by atoms with Gasteiger partial charge in [0.2, 0.25) is 0 Å². The molecular weight excluding hydrogens is 558 g/mol. The number of benzene rings is 2. The fourth-order valence-corrected chi connectivity index (χ4v) is 6.31. The summed E-state index contributed by atoms with van der Waals surface area (Å²) in [5, 5.41) is 19.4. The highest BCUT2D eigenvalue weighted by Crippen LogP contribution is 2.36. The molecule has 2 aromatic carbocycles. The SMILES string of the molecule is Cc1c(Nc2nccc3cc(CN4CCCC4)cnc23)cccc1-c1cccc(-c2nc3c(Cl)cc(CO)cn3n2)c1C. The summed E-state index contributed by atoms with van der Waals surface area (Å²) in [6, 6.07) is 18.4.